The Morgan fingerprint density at radius 2 is 2.00 bits per heavy atom. The van der Waals surface area contributed by atoms with Crippen LogP contribution in [0.2, 0.25) is 0 Å². The number of fused-ring (bicyclic) bond motifs is 1. The number of urea groups is 1. The third kappa shape index (κ3) is 4.23. The van der Waals surface area contributed by atoms with Gasteiger partial charge in [0.15, 0.2) is 0 Å². The standard InChI is InChI=1S/C22H27N3O4/c1-15-5-6-20-19(12-15)25(14-16(2)29-20)22(27)24-9-7-17(8-10-24)21(26)23-13-18-4-3-11-28-18/h3-6,11-12,16-17H,7-10,13-14H2,1-2H3,(H,23,26)/t16-/m1/s1. The monoisotopic (exact) mass is 397 g/mol. The van der Waals surface area contributed by atoms with Gasteiger partial charge in [-0.05, 0) is 56.5 Å². The summed E-state index contributed by atoms with van der Waals surface area (Å²) in [7, 11) is 0. The first-order valence-corrected chi connectivity index (χ1v) is 10.1. The molecule has 0 saturated carbocycles. The van der Waals surface area contributed by atoms with E-state index in [1.807, 2.05) is 47.9 Å². The molecule has 2 aliphatic rings. The van der Waals surface area contributed by atoms with Crippen LogP contribution in [0.25, 0.3) is 0 Å². The van der Waals surface area contributed by atoms with Crippen LogP contribution in [-0.4, -0.2) is 42.6 Å². The summed E-state index contributed by atoms with van der Waals surface area (Å²) in [6.45, 7) is 6.05. The number of nitrogens with zero attached hydrogens (tertiary/aromatic N) is 2. The number of benzene rings is 1. The Balaban J connectivity index is 1.36. The lowest BCUT2D eigenvalue weighted by Gasteiger charge is -2.39. The summed E-state index contributed by atoms with van der Waals surface area (Å²) in [6, 6.07) is 9.54. The summed E-state index contributed by atoms with van der Waals surface area (Å²) in [5, 5.41) is 2.92. The normalized spacial score (nSPS) is 19.4. The van der Waals surface area contributed by atoms with Gasteiger partial charge in [0.05, 0.1) is 25.0 Å². The van der Waals surface area contributed by atoms with Crippen LogP contribution in [0.1, 0.15) is 31.1 Å². The topological polar surface area (TPSA) is 75.0 Å². The number of hydrogen-bond donors (Lipinski definition) is 1. The van der Waals surface area contributed by atoms with E-state index >= 15 is 0 Å². The molecule has 154 valence electrons. The van der Waals surface area contributed by atoms with E-state index in [0.29, 0.717) is 39.0 Å². The second kappa shape index (κ2) is 8.19. The Kier molecular flexibility index (Phi) is 5.47. The lowest BCUT2D eigenvalue weighted by molar-refractivity contribution is -0.126. The van der Waals surface area contributed by atoms with Crippen molar-refractivity contribution < 1.29 is 18.7 Å². The van der Waals surface area contributed by atoms with Crippen molar-refractivity contribution in [3.8, 4) is 5.75 Å². The second-order valence-electron chi connectivity index (χ2n) is 7.85. The van der Waals surface area contributed by atoms with Gasteiger partial charge in [-0.2, -0.15) is 0 Å². The fraction of sp³-hybridized carbons (Fsp3) is 0.455. The Morgan fingerprint density at radius 3 is 2.72 bits per heavy atom. The summed E-state index contributed by atoms with van der Waals surface area (Å²) in [4.78, 5) is 29.3. The summed E-state index contributed by atoms with van der Waals surface area (Å²) >= 11 is 0. The van der Waals surface area contributed by atoms with Gasteiger partial charge in [-0.15, -0.1) is 0 Å². The van der Waals surface area contributed by atoms with Crippen molar-refractivity contribution in [3.05, 3.63) is 47.9 Å². The van der Waals surface area contributed by atoms with Crippen molar-refractivity contribution in [2.45, 2.75) is 39.3 Å². The summed E-state index contributed by atoms with van der Waals surface area (Å²) in [5.74, 6) is 1.43. The molecule has 0 unspecified atom stereocenters. The molecule has 0 radical (unpaired) electrons. The van der Waals surface area contributed by atoms with E-state index in [1.165, 1.54) is 0 Å². The van der Waals surface area contributed by atoms with Gasteiger partial charge in [0.2, 0.25) is 5.91 Å². The summed E-state index contributed by atoms with van der Waals surface area (Å²) in [5.41, 5.74) is 1.91. The number of anilines is 1. The summed E-state index contributed by atoms with van der Waals surface area (Å²) in [6.07, 6.45) is 2.86. The van der Waals surface area contributed by atoms with E-state index in [4.69, 9.17) is 9.15 Å². The van der Waals surface area contributed by atoms with E-state index in [1.54, 1.807) is 12.3 Å². The van der Waals surface area contributed by atoms with Gasteiger partial charge < -0.3 is 19.4 Å². The molecule has 0 bridgehead atoms. The lowest BCUT2D eigenvalue weighted by Crippen LogP contribution is -2.52. The summed E-state index contributed by atoms with van der Waals surface area (Å²) < 4.78 is 11.1. The highest BCUT2D eigenvalue weighted by Crippen LogP contribution is 2.35. The molecule has 7 heteroatoms. The first-order chi connectivity index (χ1) is 14.0. The Bertz CT molecular complexity index is 872. The molecule has 7 nitrogen and oxygen atoms in total. The fourth-order valence-electron chi connectivity index (χ4n) is 3.96. The zero-order valence-electron chi connectivity index (χ0n) is 16.9. The number of carbonyl (C=O) groups is 2. The Morgan fingerprint density at radius 1 is 1.21 bits per heavy atom. The molecule has 2 aliphatic heterocycles. The second-order valence-corrected chi connectivity index (χ2v) is 7.85. The molecule has 3 heterocycles. The van der Waals surface area contributed by atoms with Gasteiger partial charge in [0.25, 0.3) is 0 Å². The molecular formula is C22H27N3O4. The van der Waals surface area contributed by atoms with E-state index in [-0.39, 0.29) is 24.0 Å². The molecule has 3 amide bonds. The van der Waals surface area contributed by atoms with Gasteiger partial charge in [-0.3, -0.25) is 9.69 Å². The van der Waals surface area contributed by atoms with Crippen LogP contribution >= 0.6 is 0 Å². The van der Waals surface area contributed by atoms with Gasteiger partial charge >= 0.3 is 6.03 Å². The van der Waals surface area contributed by atoms with Crippen LogP contribution in [0.15, 0.2) is 41.0 Å². The van der Waals surface area contributed by atoms with Crippen molar-refractivity contribution >= 4 is 17.6 Å². The van der Waals surface area contributed by atoms with Crippen molar-refractivity contribution in [3.63, 3.8) is 0 Å². The van der Waals surface area contributed by atoms with Gasteiger partial charge in [-0.25, -0.2) is 4.79 Å². The minimum Gasteiger partial charge on any atom is -0.487 e. The van der Waals surface area contributed by atoms with Crippen LogP contribution in [-0.2, 0) is 11.3 Å². The Hall–Kier alpha value is -2.96. The quantitative estimate of drug-likeness (QED) is 0.862. The Labute approximate surface area is 170 Å². The van der Waals surface area contributed by atoms with Crippen molar-refractivity contribution in [2.75, 3.05) is 24.5 Å². The number of nitrogens with one attached hydrogen (secondary N) is 1. The number of hydrogen-bond acceptors (Lipinski definition) is 4. The maximum absolute atomic E-state index is 13.2. The molecule has 1 N–H and O–H groups in total. The number of likely N-dealkylation sites (tertiary alicyclic amines) is 1. The molecule has 1 aromatic carbocycles. The van der Waals surface area contributed by atoms with Gasteiger partial charge in [-0.1, -0.05) is 6.07 Å². The number of rotatable bonds is 3. The number of carbonyl (C=O) groups excluding carboxylic acids is 2. The van der Waals surface area contributed by atoms with Crippen molar-refractivity contribution in [2.24, 2.45) is 5.92 Å². The molecule has 1 fully saturated rings. The zero-order valence-corrected chi connectivity index (χ0v) is 16.9. The van der Waals surface area contributed by atoms with Crippen LogP contribution in [0.5, 0.6) is 5.75 Å². The molecular weight excluding hydrogens is 370 g/mol. The number of furan rings is 1. The fourth-order valence-corrected chi connectivity index (χ4v) is 3.96. The maximum atomic E-state index is 13.2. The first kappa shape index (κ1) is 19.4. The van der Waals surface area contributed by atoms with E-state index in [9.17, 15) is 9.59 Å². The highest BCUT2D eigenvalue weighted by atomic mass is 16.5. The average molecular weight is 397 g/mol. The largest absolute Gasteiger partial charge is 0.487 e. The highest BCUT2D eigenvalue weighted by Gasteiger charge is 2.34. The van der Waals surface area contributed by atoms with Crippen LogP contribution < -0.4 is 15.0 Å². The number of ether oxygens (including phenoxy) is 1. The van der Waals surface area contributed by atoms with Crippen molar-refractivity contribution in [1.29, 1.82) is 0 Å². The zero-order chi connectivity index (χ0) is 20.4. The smallest absolute Gasteiger partial charge is 0.324 e. The van der Waals surface area contributed by atoms with Crippen LogP contribution in [0.4, 0.5) is 10.5 Å². The predicted molar refractivity (Wildman–Crippen MR) is 109 cm³/mol. The predicted octanol–water partition coefficient (Wildman–Crippen LogP) is 3.32. The molecule has 1 atom stereocenters. The van der Waals surface area contributed by atoms with Gasteiger partial charge in [0, 0.05) is 19.0 Å². The molecule has 1 aromatic heterocycles. The average Bonchev–Trinajstić information content (AvgIpc) is 3.25. The SMILES string of the molecule is Cc1ccc2c(c1)N(C(=O)N1CCC(C(=O)NCc3ccco3)CC1)C[C@@H](C)O2. The van der Waals surface area contributed by atoms with E-state index in [0.717, 1.165) is 22.8 Å². The first-order valence-electron chi connectivity index (χ1n) is 10.1. The number of aryl methyl sites for hydroxylation is 1. The van der Waals surface area contributed by atoms with Gasteiger partial charge in [0.1, 0.15) is 17.6 Å². The maximum Gasteiger partial charge on any atom is 0.324 e. The van der Waals surface area contributed by atoms with E-state index < -0.39 is 0 Å². The third-order valence-corrected chi connectivity index (χ3v) is 5.56. The molecule has 1 saturated heterocycles. The lowest BCUT2D eigenvalue weighted by atomic mass is 9.96. The van der Waals surface area contributed by atoms with Crippen LogP contribution in [0, 0.1) is 12.8 Å². The molecule has 2 aromatic rings. The minimum atomic E-state index is -0.0767. The third-order valence-electron chi connectivity index (χ3n) is 5.56. The molecule has 0 spiro atoms. The number of piperidine rings is 1. The van der Waals surface area contributed by atoms with Crippen molar-refractivity contribution in [1.82, 2.24) is 10.2 Å². The molecule has 4 rings (SSSR count). The van der Waals surface area contributed by atoms with E-state index in [2.05, 4.69) is 5.32 Å². The molecule has 0 aliphatic carbocycles. The highest BCUT2D eigenvalue weighted by molar-refractivity contribution is 5.94. The number of amides is 3. The minimum absolute atomic E-state index is 0.0126. The molecule has 29 heavy (non-hydrogen) atoms. The van der Waals surface area contributed by atoms with Crippen LogP contribution in [0.3, 0.4) is 0 Å².